The van der Waals surface area contributed by atoms with Crippen LogP contribution in [0.15, 0.2) is 18.2 Å². The molecule has 106 valence electrons. The quantitative estimate of drug-likeness (QED) is 0.586. The van der Waals surface area contributed by atoms with Crippen LogP contribution in [-0.4, -0.2) is 28.8 Å². The van der Waals surface area contributed by atoms with Crippen LogP contribution in [-0.2, 0) is 0 Å². The Bertz CT molecular complexity index is 435. The smallest absolute Gasteiger partial charge is 0.333 e. The van der Waals surface area contributed by atoms with Crippen molar-refractivity contribution in [2.45, 2.75) is 39.4 Å². The molecule has 0 aliphatic heterocycles. The number of aliphatic hydroxyl groups excluding tert-OH is 1. The number of hydrogen-bond donors (Lipinski definition) is 2. The van der Waals surface area contributed by atoms with Crippen LogP contribution in [0.5, 0.6) is 5.75 Å². The maximum Gasteiger partial charge on any atom is 0.333 e. The van der Waals surface area contributed by atoms with Crippen molar-refractivity contribution in [1.29, 1.82) is 0 Å². The number of benzene rings is 1. The van der Waals surface area contributed by atoms with E-state index in [0.717, 1.165) is 0 Å². The number of aliphatic hydroxyl groups is 1. The van der Waals surface area contributed by atoms with Gasteiger partial charge < -0.3 is 15.2 Å². The van der Waals surface area contributed by atoms with Gasteiger partial charge in [0.05, 0.1) is 17.1 Å². The Morgan fingerprint density at radius 2 is 2.16 bits per heavy atom. The van der Waals surface area contributed by atoms with Crippen molar-refractivity contribution >= 4 is 11.4 Å². The number of nitrogens with zero attached hydrogens (tertiary/aromatic N) is 1. The van der Waals surface area contributed by atoms with Gasteiger partial charge in [-0.15, -0.1) is 0 Å². The summed E-state index contributed by atoms with van der Waals surface area (Å²) in [5.41, 5.74) is 0.259. The molecule has 0 amide bonds. The Kier molecular flexibility index (Phi) is 5.57. The average Bonchev–Trinajstić information content (AvgIpc) is 2.34. The van der Waals surface area contributed by atoms with Gasteiger partial charge in [-0.1, -0.05) is 13.0 Å². The Labute approximate surface area is 112 Å². The number of hydrogen-bond acceptors (Lipinski definition) is 5. The summed E-state index contributed by atoms with van der Waals surface area (Å²) in [5.74, 6) is 0.232. The van der Waals surface area contributed by atoms with Crippen molar-refractivity contribution in [2.75, 3.05) is 11.9 Å². The van der Waals surface area contributed by atoms with Crippen LogP contribution >= 0.6 is 0 Å². The van der Waals surface area contributed by atoms with Crippen molar-refractivity contribution in [3.8, 4) is 5.75 Å². The van der Waals surface area contributed by atoms with Crippen LogP contribution in [0.1, 0.15) is 27.2 Å². The van der Waals surface area contributed by atoms with Crippen molar-refractivity contribution in [1.82, 2.24) is 0 Å². The second-order valence-corrected chi connectivity index (χ2v) is 4.52. The minimum atomic E-state index is -0.533. The summed E-state index contributed by atoms with van der Waals surface area (Å²) in [6.45, 7) is 5.73. The zero-order chi connectivity index (χ0) is 14.4. The highest BCUT2D eigenvalue weighted by atomic mass is 16.6. The second kappa shape index (κ2) is 6.94. The molecular weight excluding hydrogens is 248 g/mol. The predicted octanol–water partition coefficient (Wildman–Crippen LogP) is 2.56. The normalized spacial score (nSPS) is 12.3. The molecule has 0 saturated carbocycles. The molecule has 1 atom stereocenters. The van der Waals surface area contributed by atoms with Gasteiger partial charge in [0.1, 0.15) is 5.69 Å². The average molecular weight is 268 g/mol. The van der Waals surface area contributed by atoms with Gasteiger partial charge in [0, 0.05) is 6.54 Å². The molecule has 0 fully saturated rings. The number of nitro benzene ring substituents is 1. The minimum absolute atomic E-state index is 0.0977. The maximum absolute atomic E-state index is 11.2. The lowest BCUT2D eigenvalue weighted by atomic mass is 10.2. The number of para-hydroxylation sites is 1. The Hall–Kier alpha value is -1.82. The largest absolute Gasteiger partial charge is 0.484 e. The summed E-state index contributed by atoms with van der Waals surface area (Å²) in [6, 6.07) is 4.86. The topological polar surface area (TPSA) is 84.6 Å². The number of rotatable bonds is 7. The van der Waals surface area contributed by atoms with Gasteiger partial charge in [-0.3, -0.25) is 10.1 Å². The Morgan fingerprint density at radius 3 is 2.68 bits per heavy atom. The van der Waals surface area contributed by atoms with E-state index in [1.807, 2.05) is 20.8 Å². The highest BCUT2D eigenvalue weighted by Gasteiger charge is 2.21. The number of anilines is 1. The molecule has 0 aromatic heterocycles. The summed E-state index contributed by atoms with van der Waals surface area (Å²) in [6.07, 6.45) is -0.0901. The van der Waals surface area contributed by atoms with Crippen LogP contribution in [0.2, 0.25) is 0 Å². The lowest BCUT2D eigenvalue weighted by Crippen LogP contribution is -2.19. The van der Waals surface area contributed by atoms with Crippen molar-refractivity contribution in [3.63, 3.8) is 0 Å². The summed E-state index contributed by atoms with van der Waals surface area (Å²) in [4.78, 5) is 10.7. The van der Waals surface area contributed by atoms with Gasteiger partial charge in [0.15, 0.2) is 5.75 Å². The van der Waals surface area contributed by atoms with E-state index in [-0.39, 0.29) is 24.1 Å². The van der Waals surface area contributed by atoms with Crippen LogP contribution in [0, 0.1) is 10.1 Å². The van der Waals surface area contributed by atoms with Crippen molar-refractivity contribution < 1.29 is 14.8 Å². The fraction of sp³-hybridized carbons (Fsp3) is 0.538. The first kappa shape index (κ1) is 15.2. The summed E-state index contributed by atoms with van der Waals surface area (Å²) < 4.78 is 5.44. The van der Waals surface area contributed by atoms with Gasteiger partial charge in [-0.05, 0) is 32.4 Å². The monoisotopic (exact) mass is 268 g/mol. The van der Waals surface area contributed by atoms with Crippen molar-refractivity contribution in [2.24, 2.45) is 0 Å². The molecule has 6 nitrogen and oxygen atoms in total. The van der Waals surface area contributed by atoms with E-state index < -0.39 is 11.0 Å². The summed E-state index contributed by atoms with van der Waals surface area (Å²) >= 11 is 0. The molecule has 0 bridgehead atoms. The molecule has 0 aliphatic carbocycles. The van der Waals surface area contributed by atoms with Crippen LogP contribution in [0.4, 0.5) is 11.4 Å². The summed E-state index contributed by atoms with van der Waals surface area (Å²) in [5, 5.41) is 23.5. The number of ether oxygens (including phenoxy) is 1. The first-order valence-corrected chi connectivity index (χ1v) is 6.31. The van der Waals surface area contributed by atoms with Gasteiger partial charge in [0.2, 0.25) is 0 Å². The van der Waals surface area contributed by atoms with E-state index in [1.54, 1.807) is 18.2 Å². The molecule has 1 aromatic carbocycles. The standard InChI is InChI=1S/C13H20N2O4/c1-4-10(16)8-14-11-6-5-7-12(19-9(2)3)13(11)15(17)18/h5-7,9-10,14,16H,4,8H2,1-3H3. The van der Waals surface area contributed by atoms with Gasteiger partial charge in [-0.2, -0.15) is 0 Å². The molecule has 2 N–H and O–H groups in total. The molecule has 6 heteroatoms. The SMILES string of the molecule is CCC(O)CNc1cccc(OC(C)C)c1[N+](=O)[O-]. The first-order valence-electron chi connectivity index (χ1n) is 6.31. The van der Waals surface area contributed by atoms with Gasteiger partial charge in [0.25, 0.3) is 0 Å². The highest BCUT2D eigenvalue weighted by Crippen LogP contribution is 2.35. The molecule has 1 rings (SSSR count). The zero-order valence-corrected chi connectivity index (χ0v) is 11.4. The predicted molar refractivity (Wildman–Crippen MR) is 73.6 cm³/mol. The van der Waals surface area contributed by atoms with E-state index in [1.165, 1.54) is 0 Å². The lowest BCUT2D eigenvalue weighted by Gasteiger charge is -2.14. The molecule has 0 saturated heterocycles. The van der Waals surface area contributed by atoms with E-state index in [4.69, 9.17) is 4.74 Å². The molecule has 0 spiro atoms. The van der Waals surface area contributed by atoms with Gasteiger partial charge >= 0.3 is 5.69 Å². The highest BCUT2D eigenvalue weighted by molar-refractivity contribution is 5.68. The number of nitrogens with one attached hydrogen (secondary N) is 1. The molecule has 1 aromatic rings. The molecule has 19 heavy (non-hydrogen) atoms. The molecule has 0 aliphatic rings. The van der Waals surface area contributed by atoms with Crippen LogP contribution in [0.3, 0.4) is 0 Å². The molecule has 1 unspecified atom stereocenters. The van der Waals surface area contributed by atoms with Crippen LogP contribution < -0.4 is 10.1 Å². The van der Waals surface area contributed by atoms with Gasteiger partial charge in [-0.25, -0.2) is 0 Å². The third-order valence-corrected chi connectivity index (χ3v) is 2.54. The zero-order valence-electron chi connectivity index (χ0n) is 11.4. The minimum Gasteiger partial charge on any atom is -0.484 e. The third-order valence-electron chi connectivity index (χ3n) is 2.54. The van der Waals surface area contributed by atoms with Crippen molar-refractivity contribution in [3.05, 3.63) is 28.3 Å². The maximum atomic E-state index is 11.2. The number of nitro groups is 1. The lowest BCUT2D eigenvalue weighted by molar-refractivity contribution is -0.385. The van der Waals surface area contributed by atoms with E-state index in [2.05, 4.69) is 5.32 Å². The molecular formula is C13H20N2O4. The van der Waals surface area contributed by atoms with E-state index >= 15 is 0 Å². The fourth-order valence-electron chi connectivity index (χ4n) is 1.57. The van der Waals surface area contributed by atoms with E-state index in [0.29, 0.717) is 12.1 Å². The van der Waals surface area contributed by atoms with E-state index in [9.17, 15) is 15.2 Å². The summed E-state index contributed by atoms with van der Waals surface area (Å²) in [7, 11) is 0. The first-order chi connectivity index (χ1) is 8.95. The Balaban J connectivity index is 2.99. The fourth-order valence-corrected chi connectivity index (χ4v) is 1.57. The molecule has 0 radical (unpaired) electrons. The second-order valence-electron chi connectivity index (χ2n) is 4.52. The van der Waals surface area contributed by atoms with Crippen LogP contribution in [0.25, 0.3) is 0 Å². The molecule has 0 heterocycles. The Morgan fingerprint density at radius 1 is 1.47 bits per heavy atom. The third kappa shape index (κ3) is 4.40.